The molecule has 1 aromatic carbocycles. The lowest BCUT2D eigenvalue weighted by atomic mass is 9.99. The standard InChI is InChI=1S/C15H23NO2/c1-3-18-15(12-7-8-12)14(16)10-11-5-4-6-13(9-11)17-2/h4-6,9,12,14-15H,3,7-8,10,16H2,1-2H3. The summed E-state index contributed by atoms with van der Waals surface area (Å²) in [7, 11) is 1.69. The molecule has 2 N–H and O–H groups in total. The maximum absolute atomic E-state index is 6.30. The van der Waals surface area contributed by atoms with Crippen LogP contribution in [0.4, 0.5) is 0 Å². The van der Waals surface area contributed by atoms with Crippen LogP contribution in [0.25, 0.3) is 0 Å². The van der Waals surface area contributed by atoms with Gasteiger partial charge in [-0.3, -0.25) is 0 Å². The van der Waals surface area contributed by atoms with Gasteiger partial charge in [0.25, 0.3) is 0 Å². The maximum atomic E-state index is 6.30. The van der Waals surface area contributed by atoms with Crippen LogP contribution in [-0.2, 0) is 11.2 Å². The Hall–Kier alpha value is -1.06. The average molecular weight is 249 g/mol. The molecule has 3 nitrogen and oxygen atoms in total. The van der Waals surface area contributed by atoms with E-state index in [9.17, 15) is 0 Å². The maximum Gasteiger partial charge on any atom is 0.119 e. The molecule has 2 atom stereocenters. The molecule has 2 unspecified atom stereocenters. The van der Waals surface area contributed by atoms with Gasteiger partial charge in [-0.2, -0.15) is 0 Å². The summed E-state index contributed by atoms with van der Waals surface area (Å²) in [5.74, 6) is 1.56. The van der Waals surface area contributed by atoms with Crippen molar-refractivity contribution in [2.75, 3.05) is 13.7 Å². The van der Waals surface area contributed by atoms with Crippen LogP contribution in [0.2, 0.25) is 0 Å². The van der Waals surface area contributed by atoms with Gasteiger partial charge in [-0.25, -0.2) is 0 Å². The molecule has 0 aliphatic heterocycles. The van der Waals surface area contributed by atoms with Gasteiger partial charge in [0.15, 0.2) is 0 Å². The number of benzene rings is 1. The number of nitrogens with two attached hydrogens (primary N) is 1. The molecule has 0 radical (unpaired) electrons. The van der Waals surface area contributed by atoms with Crippen LogP contribution in [0, 0.1) is 5.92 Å². The molecule has 3 heteroatoms. The third-order valence-corrected chi connectivity index (χ3v) is 3.47. The Kier molecular flexibility index (Phi) is 4.61. The summed E-state index contributed by atoms with van der Waals surface area (Å²) in [5.41, 5.74) is 7.52. The minimum absolute atomic E-state index is 0.0737. The van der Waals surface area contributed by atoms with Crippen LogP contribution in [0.1, 0.15) is 25.3 Å². The van der Waals surface area contributed by atoms with Crippen molar-refractivity contribution < 1.29 is 9.47 Å². The first-order valence-corrected chi connectivity index (χ1v) is 6.74. The zero-order valence-corrected chi connectivity index (χ0v) is 11.3. The Labute approximate surface area is 109 Å². The van der Waals surface area contributed by atoms with E-state index in [1.807, 2.05) is 19.1 Å². The second-order valence-corrected chi connectivity index (χ2v) is 4.98. The molecule has 1 aromatic rings. The lowest BCUT2D eigenvalue weighted by Crippen LogP contribution is -2.40. The van der Waals surface area contributed by atoms with Crippen LogP contribution in [0.3, 0.4) is 0 Å². The van der Waals surface area contributed by atoms with Gasteiger partial charge in [-0.05, 0) is 49.8 Å². The molecule has 0 bridgehead atoms. The molecule has 0 heterocycles. The molecule has 1 saturated carbocycles. The van der Waals surface area contributed by atoms with Gasteiger partial charge >= 0.3 is 0 Å². The normalized spacial score (nSPS) is 18.4. The smallest absolute Gasteiger partial charge is 0.119 e. The zero-order valence-electron chi connectivity index (χ0n) is 11.3. The third kappa shape index (κ3) is 3.47. The number of hydrogen-bond acceptors (Lipinski definition) is 3. The molecule has 100 valence electrons. The second kappa shape index (κ2) is 6.21. The lowest BCUT2D eigenvalue weighted by molar-refractivity contribution is 0.0288. The first-order valence-electron chi connectivity index (χ1n) is 6.74. The highest BCUT2D eigenvalue weighted by Crippen LogP contribution is 2.36. The second-order valence-electron chi connectivity index (χ2n) is 4.98. The third-order valence-electron chi connectivity index (χ3n) is 3.47. The summed E-state index contributed by atoms with van der Waals surface area (Å²) in [6, 6.07) is 8.18. The zero-order chi connectivity index (χ0) is 13.0. The molecule has 0 aromatic heterocycles. The molecule has 18 heavy (non-hydrogen) atoms. The van der Waals surface area contributed by atoms with E-state index in [1.165, 1.54) is 18.4 Å². The molecule has 1 fully saturated rings. The fraction of sp³-hybridized carbons (Fsp3) is 0.600. The fourth-order valence-electron chi connectivity index (χ4n) is 2.41. The number of methoxy groups -OCH3 is 1. The minimum atomic E-state index is 0.0737. The number of ether oxygens (including phenoxy) is 2. The summed E-state index contributed by atoms with van der Waals surface area (Å²) < 4.78 is 11.0. The Morgan fingerprint density at radius 2 is 2.17 bits per heavy atom. The van der Waals surface area contributed by atoms with Crippen molar-refractivity contribution in [2.45, 2.75) is 38.3 Å². The highest BCUT2D eigenvalue weighted by Gasteiger charge is 2.35. The van der Waals surface area contributed by atoms with Crippen molar-refractivity contribution in [3.63, 3.8) is 0 Å². The number of rotatable bonds is 7. The summed E-state index contributed by atoms with van der Waals surface area (Å²) in [4.78, 5) is 0. The molecule has 1 aliphatic carbocycles. The van der Waals surface area contributed by atoms with E-state index in [2.05, 4.69) is 12.1 Å². The fourth-order valence-corrected chi connectivity index (χ4v) is 2.41. The Morgan fingerprint density at radius 3 is 2.78 bits per heavy atom. The minimum Gasteiger partial charge on any atom is -0.497 e. The number of hydrogen-bond donors (Lipinski definition) is 1. The molecule has 1 aliphatic rings. The molecule has 2 rings (SSSR count). The van der Waals surface area contributed by atoms with Gasteiger partial charge < -0.3 is 15.2 Å². The van der Waals surface area contributed by atoms with Crippen molar-refractivity contribution in [2.24, 2.45) is 11.7 Å². The predicted octanol–water partition coefficient (Wildman–Crippen LogP) is 2.38. The van der Waals surface area contributed by atoms with Gasteiger partial charge in [0.2, 0.25) is 0 Å². The molecular weight excluding hydrogens is 226 g/mol. The van der Waals surface area contributed by atoms with E-state index in [0.717, 1.165) is 18.8 Å². The SMILES string of the molecule is CCOC(C(N)Cc1cccc(OC)c1)C1CC1. The van der Waals surface area contributed by atoms with Crippen LogP contribution >= 0.6 is 0 Å². The summed E-state index contributed by atoms with van der Waals surface area (Å²) in [6.45, 7) is 2.78. The average Bonchev–Trinajstić information content (AvgIpc) is 3.20. The van der Waals surface area contributed by atoms with Gasteiger partial charge in [-0.15, -0.1) is 0 Å². The predicted molar refractivity (Wildman–Crippen MR) is 72.8 cm³/mol. The van der Waals surface area contributed by atoms with Gasteiger partial charge in [-0.1, -0.05) is 12.1 Å². The topological polar surface area (TPSA) is 44.5 Å². The first kappa shape index (κ1) is 13.4. The Bertz CT molecular complexity index is 377. The van der Waals surface area contributed by atoms with Crippen LogP contribution in [-0.4, -0.2) is 25.9 Å². The van der Waals surface area contributed by atoms with Crippen molar-refractivity contribution in [3.8, 4) is 5.75 Å². The van der Waals surface area contributed by atoms with Crippen LogP contribution < -0.4 is 10.5 Å². The van der Waals surface area contributed by atoms with E-state index in [1.54, 1.807) is 7.11 Å². The summed E-state index contributed by atoms with van der Waals surface area (Å²) in [5, 5.41) is 0. The van der Waals surface area contributed by atoms with E-state index in [-0.39, 0.29) is 12.1 Å². The van der Waals surface area contributed by atoms with Crippen LogP contribution in [0.15, 0.2) is 24.3 Å². The quantitative estimate of drug-likeness (QED) is 0.807. The van der Waals surface area contributed by atoms with E-state index < -0.39 is 0 Å². The van der Waals surface area contributed by atoms with Gasteiger partial charge in [0, 0.05) is 12.6 Å². The van der Waals surface area contributed by atoms with Crippen molar-refractivity contribution in [3.05, 3.63) is 29.8 Å². The Balaban J connectivity index is 1.97. The van der Waals surface area contributed by atoms with Gasteiger partial charge in [0.1, 0.15) is 5.75 Å². The van der Waals surface area contributed by atoms with Crippen molar-refractivity contribution >= 4 is 0 Å². The van der Waals surface area contributed by atoms with E-state index in [0.29, 0.717) is 5.92 Å². The molecular formula is C15H23NO2. The van der Waals surface area contributed by atoms with Gasteiger partial charge in [0.05, 0.1) is 13.2 Å². The largest absolute Gasteiger partial charge is 0.497 e. The highest BCUT2D eigenvalue weighted by molar-refractivity contribution is 5.29. The Morgan fingerprint density at radius 1 is 1.39 bits per heavy atom. The lowest BCUT2D eigenvalue weighted by Gasteiger charge is -2.23. The van der Waals surface area contributed by atoms with Crippen molar-refractivity contribution in [1.82, 2.24) is 0 Å². The summed E-state index contributed by atoms with van der Waals surface area (Å²) in [6.07, 6.45) is 3.58. The van der Waals surface area contributed by atoms with E-state index in [4.69, 9.17) is 15.2 Å². The first-order chi connectivity index (χ1) is 8.74. The molecule has 0 saturated heterocycles. The molecule has 0 amide bonds. The van der Waals surface area contributed by atoms with E-state index >= 15 is 0 Å². The summed E-state index contributed by atoms with van der Waals surface area (Å²) >= 11 is 0. The molecule has 0 spiro atoms. The van der Waals surface area contributed by atoms with Crippen LogP contribution in [0.5, 0.6) is 5.75 Å². The monoisotopic (exact) mass is 249 g/mol. The highest BCUT2D eigenvalue weighted by atomic mass is 16.5. The van der Waals surface area contributed by atoms with Crippen molar-refractivity contribution in [1.29, 1.82) is 0 Å².